The fourth-order valence-electron chi connectivity index (χ4n) is 2.30. The van der Waals surface area contributed by atoms with Gasteiger partial charge in [-0.05, 0) is 29.8 Å². The fraction of sp³-hybridized carbons (Fsp3) is 0.200. The van der Waals surface area contributed by atoms with Crippen molar-refractivity contribution in [3.8, 4) is 23.0 Å². The van der Waals surface area contributed by atoms with Gasteiger partial charge in [-0.25, -0.2) is 0 Å². The summed E-state index contributed by atoms with van der Waals surface area (Å²) >= 11 is 0. The van der Waals surface area contributed by atoms with Crippen molar-refractivity contribution in [3.05, 3.63) is 47.5 Å². The van der Waals surface area contributed by atoms with Gasteiger partial charge >= 0.3 is 0 Å². The quantitative estimate of drug-likeness (QED) is 0.593. The van der Waals surface area contributed by atoms with E-state index in [1.807, 2.05) is 0 Å². The lowest BCUT2D eigenvalue weighted by atomic mass is 9.94. The molecule has 0 aliphatic carbocycles. The van der Waals surface area contributed by atoms with Crippen LogP contribution < -0.4 is 4.74 Å². The first-order valence-corrected chi connectivity index (χ1v) is 6.15. The molecule has 1 aliphatic rings. The van der Waals surface area contributed by atoms with E-state index in [0.29, 0.717) is 23.3 Å². The zero-order valence-corrected chi connectivity index (χ0v) is 10.4. The predicted molar refractivity (Wildman–Crippen MR) is 69.8 cm³/mol. The number of aromatic hydroxyl groups is 3. The zero-order chi connectivity index (χ0) is 14.3. The first-order valence-electron chi connectivity index (χ1n) is 6.15. The number of benzene rings is 2. The van der Waals surface area contributed by atoms with Crippen LogP contribution in [0.2, 0.25) is 0 Å². The molecule has 3 rings (SSSR count). The molecule has 1 aliphatic heterocycles. The van der Waals surface area contributed by atoms with Crippen molar-refractivity contribution >= 4 is 0 Å². The van der Waals surface area contributed by atoms with Crippen LogP contribution in [0.1, 0.15) is 17.2 Å². The van der Waals surface area contributed by atoms with E-state index in [4.69, 9.17) is 4.74 Å². The van der Waals surface area contributed by atoms with E-state index in [2.05, 4.69) is 6.07 Å². The largest absolute Gasteiger partial charge is 0.508 e. The second kappa shape index (κ2) is 4.61. The van der Waals surface area contributed by atoms with Crippen LogP contribution in [0.5, 0.6) is 23.0 Å². The van der Waals surface area contributed by atoms with Crippen molar-refractivity contribution in [3.63, 3.8) is 0 Å². The topological polar surface area (TPSA) is 90.2 Å². The van der Waals surface area contributed by atoms with Gasteiger partial charge in [-0.3, -0.25) is 0 Å². The normalized spacial score (nSPS) is 21.1. The molecular formula is C15H13O5. The van der Waals surface area contributed by atoms with Crippen LogP contribution in [0.15, 0.2) is 30.3 Å². The number of aliphatic hydroxyl groups is 1. The molecule has 5 heteroatoms. The maximum absolute atomic E-state index is 10.1. The Morgan fingerprint density at radius 1 is 1.10 bits per heavy atom. The van der Waals surface area contributed by atoms with Crippen LogP contribution in [-0.2, 0) is 6.42 Å². The monoisotopic (exact) mass is 273 g/mol. The molecule has 0 unspecified atom stereocenters. The second-order valence-corrected chi connectivity index (χ2v) is 4.76. The van der Waals surface area contributed by atoms with E-state index >= 15 is 0 Å². The third kappa shape index (κ3) is 2.12. The summed E-state index contributed by atoms with van der Waals surface area (Å²) in [7, 11) is 0. The van der Waals surface area contributed by atoms with Crippen molar-refractivity contribution in [2.24, 2.45) is 0 Å². The van der Waals surface area contributed by atoms with Crippen LogP contribution in [0.25, 0.3) is 0 Å². The fourth-order valence-corrected chi connectivity index (χ4v) is 2.30. The molecule has 1 heterocycles. The molecule has 2 atom stereocenters. The van der Waals surface area contributed by atoms with Crippen LogP contribution >= 0.6 is 0 Å². The lowest BCUT2D eigenvalue weighted by Gasteiger charge is -2.30. The molecule has 103 valence electrons. The van der Waals surface area contributed by atoms with E-state index in [0.717, 1.165) is 0 Å². The molecule has 2 aromatic rings. The van der Waals surface area contributed by atoms with Crippen molar-refractivity contribution in [2.45, 2.75) is 18.6 Å². The van der Waals surface area contributed by atoms with Crippen LogP contribution in [0.4, 0.5) is 0 Å². The third-order valence-electron chi connectivity index (χ3n) is 3.32. The number of aliphatic hydroxyl groups excluding tert-OH is 1. The summed E-state index contributed by atoms with van der Waals surface area (Å²) in [6.45, 7) is 0. The maximum Gasteiger partial charge on any atom is 0.157 e. The lowest BCUT2D eigenvalue weighted by molar-refractivity contribution is 0.0204. The Kier molecular flexibility index (Phi) is 2.91. The van der Waals surface area contributed by atoms with Gasteiger partial charge in [-0.1, -0.05) is 6.07 Å². The van der Waals surface area contributed by atoms with E-state index in [1.165, 1.54) is 24.3 Å². The summed E-state index contributed by atoms with van der Waals surface area (Å²) in [6, 6.07) is 9.99. The number of rotatable bonds is 1. The first kappa shape index (κ1) is 12.6. The molecule has 0 amide bonds. The van der Waals surface area contributed by atoms with Crippen LogP contribution in [0, 0.1) is 6.07 Å². The van der Waals surface area contributed by atoms with Crippen molar-refractivity contribution < 1.29 is 25.2 Å². The molecular weight excluding hydrogens is 260 g/mol. The van der Waals surface area contributed by atoms with Crippen molar-refractivity contribution in [1.82, 2.24) is 0 Å². The van der Waals surface area contributed by atoms with Gasteiger partial charge in [0, 0.05) is 18.1 Å². The minimum absolute atomic E-state index is 0.0347. The standard InChI is InChI=1S/C15H13O5/c16-10-3-1-8-5-13(19)15(20-14(8)7-10)9-2-4-11(17)12(18)6-9/h2-4,6-7,13,15-19H,5H2/t13-,15-/m0/s1. The highest BCUT2D eigenvalue weighted by molar-refractivity contribution is 5.45. The minimum atomic E-state index is -0.799. The summed E-state index contributed by atoms with van der Waals surface area (Å²) in [5, 5.41) is 38.4. The maximum atomic E-state index is 10.1. The summed E-state index contributed by atoms with van der Waals surface area (Å²) in [4.78, 5) is 0. The Hall–Kier alpha value is -2.40. The molecule has 0 aromatic heterocycles. The molecule has 4 N–H and O–H groups in total. The van der Waals surface area contributed by atoms with E-state index in [-0.39, 0.29) is 17.2 Å². The average molecular weight is 273 g/mol. The zero-order valence-electron chi connectivity index (χ0n) is 10.4. The Balaban J connectivity index is 1.97. The Morgan fingerprint density at radius 2 is 1.90 bits per heavy atom. The van der Waals surface area contributed by atoms with Crippen LogP contribution in [0.3, 0.4) is 0 Å². The molecule has 0 saturated heterocycles. The Bertz CT molecular complexity index is 653. The van der Waals surface area contributed by atoms with Crippen molar-refractivity contribution in [1.29, 1.82) is 0 Å². The van der Waals surface area contributed by atoms with Crippen molar-refractivity contribution in [2.75, 3.05) is 0 Å². The number of hydrogen-bond donors (Lipinski definition) is 4. The van der Waals surface area contributed by atoms with Gasteiger partial charge in [0.2, 0.25) is 0 Å². The number of phenolic OH excluding ortho intramolecular Hbond substituents is 3. The van der Waals surface area contributed by atoms with Gasteiger partial charge in [-0.15, -0.1) is 0 Å². The first-order chi connectivity index (χ1) is 9.54. The summed E-state index contributed by atoms with van der Waals surface area (Å²) < 4.78 is 5.67. The van der Waals surface area contributed by atoms with Gasteiger partial charge in [0.1, 0.15) is 17.6 Å². The highest BCUT2D eigenvalue weighted by atomic mass is 16.5. The Morgan fingerprint density at radius 3 is 2.65 bits per heavy atom. The average Bonchev–Trinajstić information content (AvgIpc) is 2.42. The minimum Gasteiger partial charge on any atom is -0.508 e. The molecule has 0 spiro atoms. The lowest BCUT2D eigenvalue weighted by Crippen LogP contribution is -2.30. The Labute approximate surface area is 115 Å². The molecule has 1 radical (unpaired) electrons. The number of ether oxygens (including phenoxy) is 1. The predicted octanol–water partition coefficient (Wildman–Crippen LogP) is 1.64. The summed E-state index contributed by atoms with van der Waals surface area (Å²) in [6.07, 6.45) is -1.14. The SMILES string of the molecule is Oc1c[c]c2c(c1)O[C@@H](c1ccc(O)c(O)c1)[C@@H](O)C2. The van der Waals surface area contributed by atoms with E-state index in [1.54, 1.807) is 6.07 Å². The van der Waals surface area contributed by atoms with Crippen LogP contribution in [-0.4, -0.2) is 26.5 Å². The number of phenols is 3. The summed E-state index contributed by atoms with van der Waals surface area (Å²) in [5.74, 6) is -0.0164. The molecule has 2 aromatic carbocycles. The van der Waals surface area contributed by atoms with E-state index < -0.39 is 12.2 Å². The van der Waals surface area contributed by atoms with E-state index in [9.17, 15) is 20.4 Å². The molecule has 0 saturated carbocycles. The second-order valence-electron chi connectivity index (χ2n) is 4.76. The molecule has 20 heavy (non-hydrogen) atoms. The summed E-state index contributed by atoms with van der Waals surface area (Å²) in [5.41, 5.74) is 1.23. The van der Waals surface area contributed by atoms with Gasteiger partial charge in [0.25, 0.3) is 0 Å². The number of fused-ring (bicyclic) bond motifs is 1. The molecule has 0 fully saturated rings. The highest BCUT2D eigenvalue weighted by Gasteiger charge is 2.30. The van der Waals surface area contributed by atoms with Gasteiger partial charge in [0.15, 0.2) is 11.5 Å². The van der Waals surface area contributed by atoms with Gasteiger partial charge < -0.3 is 25.2 Å². The highest BCUT2D eigenvalue weighted by Crippen LogP contribution is 2.38. The smallest absolute Gasteiger partial charge is 0.157 e. The molecule has 5 nitrogen and oxygen atoms in total. The molecule has 0 bridgehead atoms. The van der Waals surface area contributed by atoms with Gasteiger partial charge in [0.05, 0.1) is 6.10 Å². The third-order valence-corrected chi connectivity index (χ3v) is 3.32. The number of hydrogen-bond acceptors (Lipinski definition) is 5. The van der Waals surface area contributed by atoms with Gasteiger partial charge in [-0.2, -0.15) is 0 Å².